The molecule has 0 fully saturated rings. The predicted molar refractivity (Wildman–Crippen MR) is 82.9 cm³/mol. The highest BCUT2D eigenvalue weighted by atomic mass is 16.4. The molecule has 0 aromatic heterocycles. The van der Waals surface area contributed by atoms with Crippen molar-refractivity contribution in [1.82, 2.24) is 10.2 Å². The molecule has 22 heavy (non-hydrogen) atoms. The van der Waals surface area contributed by atoms with Crippen LogP contribution in [-0.4, -0.2) is 46.9 Å². The Morgan fingerprint density at radius 3 is 2.05 bits per heavy atom. The van der Waals surface area contributed by atoms with Crippen molar-refractivity contribution < 1.29 is 19.5 Å². The van der Waals surface area contributed by atoms with Crippen molar-refractivity contribution in [3.05, 3.63) is 35.4 Å². The molecule has 2 amide bonds. The second kappa shape index (κ2) is 8.17. The van der Waals surface area contributed by atoms with Crippen LogP contribution in [-0.2, 0) is 4.79 Å². The Balaban J connectivity index is 2.74. The van der Waals surface area contributed by atoms with Gasteiger partial charge < -0.3 is 15.3 Å². The number of nitrogens with zero attached hydrogens (tertiary/aromatic N) is 1. The first-order chi connectivity index (χ1) is 10.4. The zero-order chi connectivity index (χ0) is 16.7. The molecule has 0 saturated carbocycles. The zero-order valence-corrected chi connectivity index (χ0v) is 13.1. The Labute approximate surface area is 130 Å². The standard InChI is InChI=1S/C16H22N2O4/c1-4-18(5-2)16(22)13-8-6-12(7-9-13)15(21)17-11(3)10-14(19)20/h6-9,11H,4-5,10H2,1-3H3,(H,17,21)(H,19,20). The Kier molecular flexibility index (Phi) is 6.56. The van der Waals surface area contributed by atoms with Crippen molar-refractivity contribution in [2.75, 3.05) is 13.1 Å². The molecule has 0 aliphatic carbocycles. The molecule has 1 unspecified atom stereocenters. The van der Waals surface area contributed by atoms with E-state index >= 15 is 0 Å². The molecular weight excluding hydrogens is 284 g/mol. The van der Waals surface area contributed by atoms with E-state index in [4.69, 9.17) is 5.11 Å². The lowest BCUT2D eigenvalue weighted by molar-refractivity contribution is -0.137. The van der Waals surface area contributed by atoms with E-state index in [0.29, 0.717) is 24.2 Å². The number of carbonyl (C=O) groups is 3. The molecule has 1 aromatic carbocycles. The number of aliphatic carboxylic acids is 1. The van der Waals surface area contributed by atoms with Gasteiger partial charge in [0.25, 0.3) is 11.8 Å². The summed E-state index contributed by atoms with van der Waals surface area (Å²) in [7, 11) is 0. The number of carbonyl (C=O) groups excluding carboxylic acids is 2. The predicted octanol–water partition coefficient (Wildman–Crippen LogP) is 1.76. The molecule has 0 radical (unpaired) electrons. The van der Waals surface area contributed by atoms with Gasteiger partial charge in [-0.2, -0.15) is 0 Å². The summed E-state index contributed by atoms with van der Waals surface area (Å²) in [5.41, 5.74) is 0.923. The van der Waals surface area contributed by atoms with Crippen LogP contribution in [0, 0.1) is 0 Å². The summed E-state index contributed by atoms with van der Waals surface area (Å²) in [6, 6.07) is 5.90. The number of benzene rings is 1. The van der Waals surface area contributed by atoms with Gasteiger partial charge in [0.2, 0.25) is 0 Å². The van der Waals surface area contributed by atoms with Crippen molar-refractivity contribution in [1.29, 1.82) is 0 Å². The normalized spacial score (nSPS) is 11.6. The average Bonchev–Trinajstić information content (AvgIpc) is 2.47. The molecule has 1 aromatic rings. The lowest BCUT2D eigenvalue weighted by atomic mass is 10.1. The van der Waals surface area contributed by atoms with Crippen LogP contribution in [0.4, 0.5) is 0 Å². The van der Waals surface area contributed by atoms with Crippen molar-refractivity contribution in [3.63, 3.8) is 0 Å². The quantitative estimate of drug-likeness (QED) is 0.803. The van der Waals surface area contributed by atoms with Gasteiger partial charge in [0.15, 0.2) is 0 Å². The minimum absolute atomic E-state index is 0.0730. The highest BCUT2D eigenvalue weighted by Gasteiger charge is 2.15. The summed E-state index contributed by atoms with van der Waals surface area (Å²) in [4.78, 5) is 36.4. The van der Waals surface area contributed by atoms with Crippen LogP contribution in [0.15, 0.2) is 24.3 Å². The second-order valence-corrected chi connectivity index (χ2v) is 5.03. The van der Waals surface area contributed by atoms with Gasteiger partial charge in [-0.05, 0) is 45.0 Å². The summed E-state index contributed by atoms with van der Waals surface area (Å²) < 4.78 is 0. The zero-order valence-electron chi connectivity index (χ0n) is 13.1. The maximum Gasteiger partial charge on any atom is 0.305 e. The van der Waals surface area contributed by atoms with Gasteiger partial charge in [-0.3, -0.25) is 14.4 Å². The van der Waals surface area contributed by atoms with Gasteiger partial charge in [-0.15, -0.1) is 0 Å². The van der Waals surface area contributed by atoms with E-state index in [9.17, 15) is 14.4 Å². The van der Waals surface area contributed by atoms with E-state index in [0.717, 1.165) is 0 Å². The molecule has 0 heterocycles. The van der Waals surface area contributed by atoms with Crippen LogP contribution in [0.1, 0.15) is 47.9 Å². The minimum atomic E-state index is -0.965. The Hall–Kier alpha value is -2.37. The average molecular weight is 306 g/mol. The third-order valence-electron chi connectivity index (χ3n) is 3.30. The van der Waals surface area contributed by atoms with E-state index in [1.54, 1.807) is 36.1 Å². The molecule has 0 saturated heterocycles. The van der Waals surface area contributed by atoms with Crippen LogP contribution < -0.4 is 5.32 Å². The first kappa shape index (κ1) is 17.7. The summed E-state index contributed by atoms with van der Waals surface area (Å²) in [6.45, 7) is 6.71. The first-order valence-electron chi connectivity index (χ1n) is 7.31. The number of hydrogen-bond donors (Lipinski definition) is 2. The molecule has 0 spiro atoms. The topological polar surface area (TPSA) is 86.7 Å². The molecule has 1 atom stereocenters. The largest absolute Gasteiger partial charge is 0.481 e. The molecular formula is C16H22N2O4. The lowest BCUT2D eigenvalue weighted by Gasteiger charge is -2.18. The molecule has 0 aliphatic heterocycles. The third-order valence-corrected chi connectivity index (χ3v) is 3.30. The minimum Gasteiger partial charge on any atom is -0.481 e. The van der Waals surface area contributed by atoms with Crippen molar-refractivity contribution in [2.24, 2.45) is 0 Å². The summed E-state index contributed by atoms with van der Waals surface area (Å²) in [5.74, 6) is -1.39. The Bertz CT molecular complexity index is 536. The highest BCUT2D eigenvalue weighted by Crippen LogP contribution is 2.08. The van der Waals surface area contributed by atoms with Crippen LogP contribution in [0.2, 0.25) is 0 Å². The van der Waals surface area contributed by atoms with Crippen molar-refractivity contribution in [3.8, 4) is 0 Å². The van der Waals surface area contributed by atoms with Crippen molar-refractivity contribution in [2.45, 2.75) is 33.2 Å². The molecule has 1 rings (SSSR count). The van der Waals surface area contributed by atoms with Crippen LogP contribution in [0.3, 0.4) is 0 Å². The Morgan fingerprint density at radius 2 is 1.59 bits per heavy atom. The number of amides is 2. The highest BCUT2D eigenvalue weighted by molar-refractivity contribution is 5.98. The second-order valence-electron chi connectivity index (χ2n) is 5.03. The van der Waals surface area contributed by atoms with Crippen LogP contribution in [0.25, 0.3) is 0 Å². The molecule has 0 aliphatic rings. The molecule has 0 bridgehead atoms. The maximum absolute atomic E-state index is 12.1. The van der Waals surface area contributed by atoms with E-state index in [1.807, 2.05) is 13.8 Å². The van der Waals surface area contributed by atoms with Crippen molar-refractivity contribution >= 4 is 17.8 Å². The fourth-order valence-corrected chi connectivity index (χ4v) is 2.08. The van der Waals surface area contributed by atoms with Gasteiger partial charge in [-0.1, -0.05) is 0 Å². The molecule has 2 N–H and O–H groups in total. The Morgan fingerprint density at radius 1 is 1.09 bits per heavy atom. The number of hydrogen-bond acceptors (Lipinski definition) is 3. The van der Waals surface area contributed by atoms with Gasteiger partial charge in [0, 0.05) is 30.3 Å². The summed E-state index contributed by atoms with van der Waals surface area (Å²) in [5, 5.41) is 11.3. The number of rotatable bonds is 7. The third kappa shape index (κ3) is 4.87. The number of nitrogens with one attached hydrogen (secondary N) is 1. The SMILES string of the molecule is CCN(CC)C(=O)c1ccc(C(=O)NC(C)CC(=O)O)cc1. The number of carboxylic acids is 1. The molecule has 6 nitrogen and oxygen atoms in total. The molecule has 6 heteroatoms. The van der Waals surface area contributed by atoms with E-state index < -0.39 is 12.0 Å². The lowest BCUT2D eigenvalue weighted by Crippen LogP contribution is -2.34. The number of carboxylic acid groups (broad SMARTS) is 1. The van der Waals surface area contributed by atoms with Gasteiger partial charge in [-0.25, -0.2) is 0 Å². The van der Waals surface area contributed by atoms with Gasteiger partial charge in [0.1, 0.15) is 0 Å². The van der Waals surface area contributed by atoms with Gasteiger partial charge in [0.05, 0.1) is 6.42 Å². The van der Waals surface area contributed by atoms with Crippen LogP contribution >= 0.6 is 0 Å². The monoisotopic (exact) mass is 306 g/mol. The smallest absolute Gasteiger partial charge is 0.305 e. The van der Waals surface area contributed by atoms with E-state index in [2.05, 4.69) is 5.32 Å². The van der Waals surface area contributed by atoms with Gasteiger partial charge >= 0.3 is 5.97 Å². The maximum atomic E-state index is 12.1. The molecule has 120 valence electrons. The van der Waals surface area contributed by atoms with Crippen LogP contribution in [0.5, 0.6) is 0 Å². The fourth-order valence-electron chi connectivity index (χ4n) is 2.08. The van der Waals surface area contributed by atoms with E-state index in [-0.39, 0.29) is 18.2 Å². The summed E-state index contributed by atoms with van der Waals surface area (Å²) >= 11 is 0. The fraction of sp³-hybridized carbons (Fsp3) is 0.438. The summed E-state index contributed by atoms with van der Waals surface area (Å²) in [6.07, 6.45) is -0.135. The first-order valence-corrected chi connectivity index (χ1v) is 7.31. The van der Waals surface area contributed by atoms with E-state index in [1.165, 1.54) is 0 Å².